The van der Waals surface area contributed by atoms with Crippen LogP contribution in [0.4, 0.5) is 0 Å². The van der Waals surface area contributed by atoms with E-state index in [1.807, 2.05) is 12.4 Å². The Labute approximate surface area is 215 Å². The quantitative estimate of drug-likeness (QED) is 0.188. The summed E-state index contributed by atoms with van der Waals surface area (Å²) in [6.07, 6.45) is 29.9. The molecule has 0 bridgehead atoms. The molecule has 1 aromatic heterocycles. The summed E-state index contributed by atoms with van der Waals surface area (Å²) in [5.41, 5.74) is 2.30. The van der Waals surface area contributed by atoms with Crippen LogP contribution in [0.1, 0.15) is 128 Å². The Morgan fingerprint density at radius 2 is 1.31 bits per heavy atom. The minimum absolute atomic E-state index is 0.800. The molecular weight excluding hydrogens is 428 g/mol. The Kier molecular flexibility index (Phi) is 13.9. The van der Waals surface area contributed by atoms with Crippen molar-refractivity contribution in [2.45, 2.75) is 129 Å². The molecule has 35 heavy (non-hydrogen) atoms. The largest absolute Gasteiger partial charge is 0.494 e. The van der Waals surface area contributed by atoms with Crippen LogP contribution in [0.5, 0.6) is 5.75 Å². The van der Waals surface area contributed by atoms with Crippen LogP contribution in [0.15, 0.2) is 36.7 Å². The Bertz CT molecular complexity index is 765. The first kappa shape index (κ1) is 27.7. The zero-order valence-electron chi connectivity index (χ0n) is 22.5. The van der Waals surface area contributed by atoms with Gasteiger partial charge in [-0.1, -0.05) is 110 Å². The standard InChI is InChI=1S/C32H50N2O/c1-2-3-4-5-6-7-9-13-20-29-26-33-32(34-27-29)30-21-23-31(24-22-30)35-25-16-11-8-10-12-17-28-18-14-15-19-28/h21-24,26-28H,2-20,25H2,1H3. The molecule has 0 radical (unpaired) electrons. The van der Waals surface area contributed by atoms with Gasteiger partial charge in [0.25, 0.3) is 0 Å². The minimum Gasteiger partial charge on any atom is -0.494 e. The summed E-state index contributed by atoms with van der Waals surface area (Å²) in [7, 11) is 0. The lowest BCUT2D eigenvalue weighted by molar-refractivity contribution is 0.304. The second-order valence-corrected chi connectivity index (χ2v) is 10.7. The fourth-order valence-corrected chi connectivity index (χ4v) is 5.35. The Hall–Kier alpha value is -1.90. The number of hydrogen-bond acceptors (Lipinski definition) is 3. The number of nitrogens with zero attached hydrogens (tertiary/aromatic N) is 2. The number of ether oxygens (including phenoxy) is 1. The molecule has 1 fully saturated rings. The third-order valence-electron chi connectivity index (χ3n) is 7.64. The van der Waals surface area contributed by atoms with Crippen LogP contribution in [0.2, 0.25) is 0 Å². The molecule has 1 heterocycles. The second kappa shape index (κ2) is 17.5. The second-order valence-electron chi connectivity index (χ2n) is 10.7. The molecule has 2 aromatic rings. The predicted octanol–water partition coefficient (Wildman–Crippen LogP) is 9.74. The molecule has 1 aromatic carbocycles. The predicted molar refractivity (Wildman–Crippen MR) is 149 cm³/mol. The van der Waals surface area contributed by atoms with Gasteiger partial charge in [0.2, 0.25) is 0 Å². The number of benzene rings is 1. The van der Waals surface area contributed by atoms with E-state index in [2.05, 4.69) is 41.2 Å². The van der Waals surface area contributed by atoms with Crippen LogP contribution >= 0.6 is 0 Å². The molecule has 0 saturated heterocycles. The Morgan fingerprint density at radius 3 is 2.00 bits per heavy atom. The maximum atomic E-state index is 5.95. The lowest BCUT2D eigenvalue weighted by Crippen LogP contribution is -1.98. The van der Waals surface area contributed by atoms with Gasteiger partial charge in [-0.05, 0) is 55.0 Å². The maximum Gasteiger partial charge on any atom is 0.159 e. The van der Waals surface area contributed by atoms with Crippen LogP contribution in [-0.2, 0) is 6.42 Å². The van der Waals surface area contributed by atoms with Gasteiger partial charge in [-0.25, -0.2) is 9.97 Å². The van der Waals surface area contributed by atoms with E-state index in [1.165, 1.54) is 115 Å². The third kappa shape index (κ3) is 11.6. The van der Waals surface area contributed by atoms with Crippen molar-refractivity contribution in [3.63, 3.8) is 0 Å². The van der Waals surface area contributed by atoms with E-state index in [0.29, 0.717) is 0 Å². The lowest BCUT2D eigenvalue weighted by atomic mass is 9.99. The van der Waals surface area contributed by atoms with Crippen LogP contribution in [0.25, 0.3) is 11.4 Å². The van der Waals surface area contributed by atoms with E-state index in [0.717, 1.165) is 42.5 Å². The van der Waals surface area contributed by atoms with Crippen molar-refractivity contribution < 1.29 is 4.74 Å². The highest BCUT2D eigenvalue weighted by atomic mass is 16.5. The van der Waals surface area contributed by atoms with Gasteiger partial charge in [0.1, 0.15) is 5.75 Å². The van der Waals surface area contributed by atoms with Crippen molar-refractivity contribution >= 4 is 0 Å². The average molecular weight is 479 g/mol. The molecule has 194 valence electrons. The summed E-state index contributed by atoms with van der Waals surface area (Å²) in [4.78, 5) is 9.22. The number of aryl methyl sites for hydroxylation is 1. The van der Waals surface area contributed by atoms with E-state index >= 15 is 0 Å². The van der Waals surface area contributed by atoms with Gasteiger partial charge in [-0.2, -0.15) is 0 Å². The van der Waals surface area contributed by atoms with Crippen molar-refractivity contribution in [3.05, 3.63) is 42.2 Å². The topological polar surface area (TPSA) is 35.0 Å². The van der Waals surface area contributed by atoms with Gasteiger partial charge in [0.15, 0.2) is 5.82 Å². The Morgan fingerprint density at radius 1 is 0.714 bits per heavy atom. The molecule has 0 aliphatic heterocycles. The molecule has 1 aliphatic rings. The molecular formula is C32H50N2O. The highest BCUT2D eigenvalue weighted by molar-refractivity contribution is 5.55. The smallest absolute Gasteiger partial charge is 0.159 e. The highest BCUT2D eigenvalue weighted by Gasteiger charge is 2.13. The van der Waals surface area contributed by atoms with Crippen molar-refractivity contribution in [2.24, 2.45) is 5.92 Å². The summed E-state index contributed by atoms with van der Waals surface area (Å²) in [5.74, 6) is 2.79. The third-order valence-corrected chi connectivity index (χ3v) is 7.64. The number of aromatic nitrogens is 2. The molecule has 1 saturated carbocycles. The van der Waals surface area contributed by atoms with Crippen LogP contribution in [0.3, 0.4) is 0 Å². The first-order valence-corrected chi connectivity index (χ1v) is 14.9. The van der Waals surface area contributed by atoms with Gasteiger partial charge in [0.05, 0.1) is 6.61 Å². The van der Waals surface area contributed by atoms with Gasteiger partial charge >= 0.3 is 0 Å². The number of hydrogen-bond donors (Lipinski definition) is 0. The van der Waals surface area contributed by atoms with Crippen LogP contribution in [-0.4, -0.2) is 16.6 Å². The summed E-state index contributed by atoms with van der Waals surface area (Å²) in [5, 5.41) is 0. The van der Waals surface area contributed by atoms with E-state index < -0.39 is 0 Å². The van der Waals surface area contributed by atoms with Gasteiger partial charge in [-0.15, -0.1) is 0 Å². The van der Waals surface area contributed by atoms with Gasteiger partial charge in [-0.3, -0.25) is 0 Å². The number of unbranched alkanes of at least 4 members (excludes halogenated alkanes) is 11. The van der Waals surface area contributed by atoms with Gasteiger partial charge in [0, 0.05) is 18.0 Å². The van der Waals surface area contributed by atoms with E-state index in [1.54, 1.807) is 0 Å². The van der Waals surface area contributed by atoms with Crippen LogP contribution < -0.4 is 4.74 Å². The molecule has 3 heteroatoms. The summed E-state index contributed by atoms with van der Waals surface area (Å²) >= 11 is 0. The maximum absolute atomic E-state index is 5.95. The number of rotatable bonds is 19. The summed E-state index contributed by atoms with van der Waals surface area (Å²) < 4.78 is 5.95. The Balaban J connectivity index is 1.23. The zero-order chi connectivity index (χ0) is 24.4. The molecule has 1 aliphatic carbocycles. The normalized spacial score (nSPS) is 14.0. The SMILES string of the molecule is CCCCCCCCCCc1cnc(-c2ccc(OCCCCCCCC3CCCC3)cc2)nc1. The fourth-order valence-electron chi connectivity index (χ4n) is 5.35. The van der Waals surface area contributed by atoms with Crippen molar-refractivity contribution in [2.75, 3.05) is 6.61 Å². The molecule has 0 amide bonds. The van der Waals surface area contributed by atoms with E-state index in [-0.39, 0.29) is 0 Å². The molecule has 0 atom stereocenters. The summed E-state index contributed by atoms with van der Waals surface area (Å²) in [6.45, 7) is 3.09. The highest BCUT2D eigenvalue weighted by Crippen LogP contribution is 2.29. The van der Waals surface area contributed by atoms with Crippen molar-refractivity contribution in [3.8, 4) is 17.1 Å². The van der Waals surface area contributed by atoms with Crippen molar-refractivity contribution in [1.29, 1.82) is 0 Å². The first-order valence-electron chi connectivity index (χ1n) is 14.9. The monoisotopic (exact) mass is 478 g/mol. The van der Waals surface area contributed by atoms with E-state index in [4.69, 9.17) is 4.74 Å². The zero-order valence-corrected chi connectivity index (χ0v) is 22.5. The fraction of sp³-hybridized carbons (Fsp3) is 0.688. The molecule has 0 N–H and O–H groups in total. The van der Waals surface area contributed by atoms with E-state index in [9.17, 15) is 0 Å². The first-order chi connectivity index (χ1) is 17.3. The molecule has 0 unspecified atom stereocenters. The summed E-state index contributed by atoms with van der Waals surface area (Å²) in [6, 6.07) is 8.25. The lowest BCUT2D eigenvalue weighted by Gasteiger charge is -2.09. The minimum atomic E-state index is 0.800. The molecule has 3 nitrogen and oxygen atoms in total. The molecule has 3 rings (SSSR count). The van der Waals surface area contributed by atoms with Crippen molar-refractivity contribution in [1.82, 2.24) is 9.97 Å². The average Bonchev–Trinajstić information content (AvgIpc) is 3.42. The van der Waals surface area contributed by atoms with Gasteiger partial charge < -0.3 is 4.74 Å². The molecule has 0 spiro atoms. The van der Waals surface area contributed by atoms with Crippen LogP contribution in [0, 0.1) is 5.92 Å².